The van der Waals surface area contributed by atoms with E-state index in [1.165, 1.54) is 0 Å². The van der Waals surface area contributed by atoms with Crippen molar-refractivity contribution in [3.05, 3.63) is 102 Å². The van der Waals surface area contributed by atoms with Crippen molar-refractivity contribution in [2.45, 2.75) is 0 Å². The number of aliphatic imine (C=N–C) groups is 2. The molecule has 6 nitrogen and oxygen atoms in total. The number of nitrogens with zero attached hydrogens (tertiary/aromatic N) is 3. The van der Waals surface area contributed by atoms with E-state index in [0.717, 1.165) is 39.9 Å². The second-order valence-electron chi connectivity index (χ2n) is 6.56. The Bertz CT molecular complexity index is 1130. The van der Waals surface area contributed by atoms with Gasteiger partial charge in [-0.05, 0) is 42.5 Å². The number of quaternary nitrogens is 1. The van der Waals surface area contributed by atoms with Crippen molar-refractivity contribution in [2.75, 3.05) is 0 Å². The van der Waals surface area contributed by atoms with Crippen LogP contribution in [0.4, 0.5) is 0 Å². The Morgan fingerprint density at radius 1 is 0.893 bits per heavy atom. The topological polar surface area (TPSA) is 75.8 Å². The molecular weight excluding hydrogens is 350 g/mol. The van der Waals surface area contributed by atoms with E-state index in [4.69, 9.17) is 15.6 Å². The van der Waals surface area contributed by atoms with E-state index in [9.17, 15) is 0 Å². The fourth-order valence-corrected chi connectivity index (χ4v) is 3.36. The zero-order valence-corrected chi connectivity index (χ0v) is 15.0. The van der Waals surface area contributed by atoms with E-state index >= 15 is 0 Å². The number of hydrogen-bond acceptors (Lipinski definition) is 4. The van der Waals surface area contributed by atoms with Gasteiger partial charge in [0.1, 0.15) is 23.4 Å². The van der Waals surface area contributed by atoms with Gasteiger partial charge in [0.05, 0.1) is 18.0 Å². The molecule has 0 radical (unpaired) electrons. The molecule has 0 amide bonds. The molecule has 28 heavy (non-hydrogen) atoms. The van der Waals surface area contributed by atoms with Crippen LogP contribution >= 0.6 is 0 Å². The van der Waals surface area contributed by atoms with Crippen molar-refractivity contribution in [1.29, 1.82) is 0 Å². The molecule has 1 atom stereocenters. The van der Waals surface area contributed by atoms with E-state index in [1.54, 1.807) is 12.4 Å². The number of ether oxygens (including phenoxy) is 1. The van der Waals surface area contributed by atoms with E-state index in [2.05, 4.69) is 9.98 Å². The van der Waals surface area contributed by atoms with Crippen LogP contribution in [0.3, 0.4) is 0 Å². The lowest BCUT2D eigenvalue weighted by atomic mass is 10.1. The first kappa shape index (κ1) is 16.4. The first-order chi connectivity index (χ1) is 13.7. The Hall–Kier alpha value is -3.74. The smallest absolute Gasteiger partial charge is 0.265 e. The summed E-state index contributed by atoms with van der Waals surface area (Å²) in [5.74, 6) is 9.02. The average molecular weight is 368 g/mol. The van der Waals surface area contributed by atoms with Gasteiger partial charge in [0.2, 0.25) is 5.70 Å². The Morgan fingerprint density at radius 2 is 1.68 bits per heavy atom. The van der Waals surface area contributed by atoms with Crippen molar-refractivity contribution in [1.82, 2.24) is 4.98 Å². The SMILES string of the molecule is N[N+]12C=CN=CC1=C(c1cc[nH]c1)N=C2c1ccc(Oc2ccccc2)cc1. The molecule has 5 rings (SSSR count). The Balaban J connectivity index is 1.50. The molecule has 3 N–H and O–H groups in total. The monoisotopic (exact) mass is 368 g/mol. The standard InChI is InChI=1S/C22H18N5O/c23-27-13-12-25-15-20(27)21(17-10-11-24-14-17)26-22(27)16-6-8-19(9-7-16)28-18-4-2-1-3-5-18/h1-15,24H,23H2/q+1. The van der Waals surface area contributed by atoms with Gasteiger partial charge in [0.25, 0.3) is 5.84 Å². The third-order valence-electron chi connectivity index (χ3n) is 4.76. The van der Waals surface area contributed by atoms with Crippen LogP contribution in [-0.2, 0) is 0 Å². The first-order valence-electron chi connectivity index (χ1n) is 8.93. The molecule has 0 fully saturated rings. The largest absolute Gasteiger partial charge is 0.457 e. The summed E-state index contributed by atoms with van der Waals surface area (Å²) in [5.41, 5.74) is 3.55. The summed E-state index contributed by atoms with van der Waals surface area (Å²) in [7, 11) is 0. The number of H-pyrrole nitrogens is 1. The third kappa shape index (κ3) is 2.68. The highest BCUT2D eigenvalue weighted by molar-refractivity contribution is 6.06. The van der Waals surface area contributed by atoms with Gasteiger partial charge in [-0.25, -0.2) is 0 Å². The number of nitrogens with two attached hydrogens (primary N) is 1. The average Bonchev–Trinajstić information content (AvgIpc) is 3.35. The molecule has 1 aromatic heterocycles. The maximum Gasteiger partial charge on any atom is 0.265 e. The van der Waals surface area contributed by atoms with Crippen LogP contribution in [0.2, 0.25) is 0 Å². The van der Waals surface area contributed by atoms with Gasteiger partial charge in [0, 0.05) is 18.0 Å². The molecule has 0 bridgehead atoms. The Kier molecular flexibility index (Phi) is 3.79. The summed E-state index contributed by atoms with van der Waals surface area (Å²) in [4.78, 5) is 12.2. The lowest BCUT2D eigenvalue weighted by Crippen LogP contribution is -2.53. The van der Waals surface area contributed by atoms with E-state index in [1.807, 2.05) is 79.3 Å². The maximum atomic E-state index is 6.73. The first-order valence-corrected chi connectivity index (χ1v) is 8.93. The third-order valence-corrected chi connectivity index (χ3v) is 4.76. The number of aromatic amines is 1. The predicted molar refractivity (Wildman–Crippen MR) is 109 cm³/mol. The minimum absolute atomic E-state index is 0.0110. The molecule has 3 heterocycles. The number of allylic oxidation sites excluding steroid dienone is 1. The summed E-state index contributed by atoms with van der Waals surface area (Å²) >= 11 is 0. The van der Waals surface area contributed by atoms with Crippen LogP contribution in [-0.4, -0.2) is 21.6 Å². The Labute approximate surface area is 162 Å². The molecule has 0 saturated carbocycles. The van der Waals surface area contributed by atoms with Gasteiger partial charge in [-0.3, -0.25) is 4.99 Å². The summed E-state index contributed by atoms with van der Waals surface area (Å²) in [6.07, 6.45) is 9.08. The molecule has 0 saturated heterocycles. The number of aromatic nitrogens is 1. The van der Waals surface area contributed by atoms with Crippen molar-refractivity contribution >= 4 is 17.7 Å². The number of para-hydroxylation sites is 1. The lowest BCUT2D eigenvalue weighted by Gasteiger charge is -2.26. The number of nitrogens with one attached hydrogen (secondary N) is 1. The van der Waals surface area contributed by atoms with Crippen LogP contribution < -0.4 is 10.6 Å². The second kappa shape index (κ2) is 6.45. The van der Waals surface area contributed by atoms with Crippen LogP contribution in [0.1, 0.15) is 11.1 Å². The highest BCUT2D eigenvalue weighted by Gasteiger charge is 2.44. The van der Waals surface area contributed by atoms with Gasteiger partial charge in [-0.15, -0.1) is 4.59 Å². The van der Waals surface area contributed by atoms with Crippen molar-refractivity contribution in [3.63, 3.8) is 0 Å². The molecule has 6 heteroatoms. The van der Waals surface area contributed by atoms with Crippen molar-refractivity contribution in [3.8, 4) is 11.5 Å². The molecule has 0 spiro atoms. The summed E-state index contributed by atoms with van der Waals surface area (Å²) < 4.78 is 5.87. The van der Waals surface area contributed by atoms with Gasteiger partial charge in [0.15, 0.2) is 0 Å². The Morgan fingerprint density at radius 3 is 2.43 bits per heavy atom. The van der Waals surface area contributed by atoms with Crippen molar-refractivity contribution in [2.24, 2.45) is 15.8 Å². The number of amidine groups is 1. The van der Waals surface area contributed by atoms with E-state index in [-0.39, 0.29) is 4.59 Å². The summed E-state index contributed by atoms with van der Waals surface area (Å²) in [6, 6.07) is 19.5. The molecule has 2 aliphatic rings. The number of benzene rings is 2. The number of hydrogen-bond donors (Lipinski definition) is 2. The zero-order valence-electron chi connectivity index (χ0n) is 15.0. The number of rotatable bonds is 4. The fraction of sp³-hybridized carbons (Fsp3) is 0. The number of fused-ring (bicyclic) bond motifs is 1. The molecule has 136 valence electrons. The normalized spacial score (nSPS) is 20.2. The lowest BCUT2D eigenvalue weighted by molar-refractivity contribution is -0.749. The maximum absolute atomic E-state index is 6.73. The molecular formula is C22H18N5O+. The van der Waals surface area contributed by atoms with Crippen LogP contribution in [0.5, 0.6) is 11.5 Å². The highest BCUT2D eigenvalue weighted by atomic mass is 16.5. The second-order valence-corrected chi connectivity index (χ2v) is 6.56. The minimum Gasteiger partial charge on any atom is -0.457 e. The molecule has 2 aliphatic heterocycles. The molecule has 0 aliphatic carbocycles. The van der Waals surface area contributed by atoms with Crippen LogP contribution in [0, 0.1) is 0 Å². The van der Waals surface area contributed by atoms with E-state index < -0.39 is 0 Å². The van der Waals surface area contributed by atoms with Gasteiger partial charge < -0.3 is 9.72 Å². The summed E-state index contributed by atoms with van der Waals surface area (Å²) in [6.45, 7) is 0. The van der Waals surface area contributed by atoms with Crippen molar-refractivity contribution < 1.29 is 9.33 Å². The predicted octanol–water partition coefficient (Wildman–Crippen LogP) is 4.18. The van der Waals surface area contributed by atoms with Gasteiger partial charge in [-0.2, -0.15) is 10.8 Å². The minimum atomic E-state index is -0.0110. The van der Waals surface area contributed by atoms with Crippen LogP contribution in [0.25, 0.3) is 5.70 Å². The van der Waals surface area contributed by atoms with Gasteiger partial charge in [-0.1, -0.05) is 18.2 Å². The molecule has 3 aromatic rings. The highest BCUT2D eigenvalue weighted by Crippen LogP contribution is 2.36. The fourth-order valence-electron chi connectivity index (χ4n) is 3.36. The quantitative estimate of drug-likeness (QED) is 0.535. The molecule has 1 unspecified atom stereocenters. The van der Waals surface area contributed by atoms with Crippen LogP contribution in [0.15, 0.2) is 101 Å². The van der Waals surface area contributed by atoms with E-state index in [0.29, 0.717) is 0 Å². The molecule has 2 aromatic carbocycles. The van der Waals surface area contributed by atoms with Gasteiger partial charge >= 0.3 is 0 Å². The summed E-state index contributed by atoms with van der Waals surface area (Å²) in [5, 5.41) is 0. The zero-order chi connectivity index (χ0) is 19.0.